The normalized spacial score (nSPS) is 11.1. The summed E-state index contributed by atoms with van der Waals surface area (Å²) in [5.41, 5.74) is 2.86. The molecule has 0 aliphatic heterocycles. The van der Waals surface area contributed by atoms with Crippen molar-refractivity contribution >= 4 is 75.1 Å². The lowest BCUT2D eigenvalue weighted by molar-refractivity contribution is -0.112. The molecule has 162 valence electrons. The van der Waals surface area contributed by atoms with Crippen molar-refractivity contribution in [1.82, 2.24) is 0 Å². The van der Waals surface area contributed by atoms with Gasteiger partial charge in [0.25, 0.3) is 5.91 Å². The van der Waals surface area contributed by atoms with Gasteiger partial charge < -0.3 is 10.1 Å². The fourth-order valence-electron chi connectivity index (χ4n) is 2.76. The molecule has 0 saturated carbocycles. The Morgan fingerprint density at radius 2 is 1.88 bits per heavy atom. The maximum atomic E-state index is 12.6. The van der Waals surface area contributed by atoms with E-state index < -0.39 is 5.91 Å². The number of benzene rings is 3. The number of amides is 1. The molecule has 4 nitrogen and oxygen atoms in total. The molecule has 0 bridgehead atoms. The van der Waals surface area contributed by atoms with E-state index in [0.717, 1.165) is 14.7 Å². The minimum Gasteiger partial charge on any atom is -0.488 e. The Labute approximate surface area is 214 Å². The highest BCUT2D eigenvalue weighted by Gasteiger charge is 2.12. The lowest BCUT2D eigenvalue weighted by Crippen LogP contribution is -2.14. The van der Waals surface area contributed by atoms with E-state index >= 15 is 0 Å². The van der Waals surface area contributed by atoms with Crippen LogP contribution in [0.1, 0.15) is 16.7 Å². The molecule has 0 aliphatic carbocycles. The van der Waals surface area contributed by atoms with Crippen molar-refractivity contribution in [2.45, 2.75) is 13.5 Å². The summed E-state index contributed by atoms with van der Waals surface area (Å²) in [4.78, 5) is 12.6. The maximum absolute atomic E-state index is 12.6. The summed E-state index contributed by atoms with van der Waals surface area (Å²) in [6.45, 7) is 2.12. The molecule has 0 spiro atoms. The van der Waals surface area contributed by atoms with E-state index in [4.69, 9.17) is 39.5 Å². The van der Waals surface area contributed by atoms with Crippen molar-refractivity contribution < 1.29 is 9.53 Å². The van der Waals surface area contributed by atoms with E-state index in [0.29, 0.717) is 38.7 Å². The zero-order valence-electron chi connectivity index (χ0n) is 16.8. The third-order valence-corrected chi connectivity index (χ3v) is 6.52. The Bertz CT molecular complexity index is 1250. The number of ether oxygens (including phenoxy) is 1. The van der Waals surface area contributed by atoms with Crippen LogP contribution in [0.3, 0.4) is 0 Å². The van der Waals surface area contributed by atoms with Crippen molar-refractivity contribution in [2.75, 3.05) is 5.32 Å². The first kappa shape index (κ1) is 24.4. The van der Waals surface area contributed by atoms with Crippen molar-refractivity contribution in [3.05, 3.63) is 95.5 Å². The largest absolute Gasteiger partial charge is 0.488 e. The molecule has 3 aromatic carbocycles. The minimum atomic E-state index is -0.507. The molecule has 0 fully saturated rings. The van der Waals surface area contributed by atoms with E-state index in [2.05, 4.69) is 27.9 Å². The van der Waals surface area contributed by atoms with Gasteiger partial charge >= 0.3 is 0 Å². The van der Waals surface area contributed by atoms with E-state index in [1.165, 1.54) is 6.08 Å². The van der Waals surface area contributed by atoms with Gasteiger partial charge in [-0.3, -0.25) is 4.79 Å². The highest BCUT2D eigenvalue weighted by atomic mass is 127. The second kappa shape index (κ2) is 11.1. The standard InChI is InChI=1S/C24H16Cl3IN2O2/c1-14-18(25)3-2-4-22(14)30-24(31)17(12-29)9-15-6-8-23(21(28)11-15)32-13-16-5-7-19(26)20(27)10-16/h2-11H,13H2,1H3,(H,30,31)/b17-9-. The van der Waals surface area contributed by atoms with Crippen molar-refractivity contribution in [2.24, 2.45) is 0 Å². The second-order valence-electron chi connectivity index (χ2n) is 6.76. The number of hydrogen-bond donors (Lipinski definition) is 1. The summed E-state index contributed by atoms with van der Waals surface area (Å²) in [7, 11) is 0. The van der Waals surface area contributed by atoms with Gasteiger partial charge in [0.05, 0.1) is 13.6 Å². The predicted molar refractivity (Wildman–Crippen MR) is 138 cm³/mol. The molecule has 0 unspecified atom stereocenters. The van der Waals surface area contributed by atoms with Crippen molar-refractivity contribution in [3.63, 3.8) is 0 Å². The number of anilines is 1. The summed E-state index contributed by atoms with van der Waals surface area (Å²) in [6, 6.07) is 17.9. The predicted octanol–water partition coefficient (Wildman–Crippen LogP) is 7.68. The Hall–Kier alpha value is -2.24. The Balaban J connectivity index is 1.73. The molecule has 0 radical (unpaired) electrons. The SMILES string of the molecule is Cc1c(Cl)cccc1NC(=O)/C(C#N)=C\c1ccc(OCc2ccc(Cl)c(Cl)c2)c(I)c1. The average Bonchev–Trinajstić information content (AvgIpc) is 2.76. The zero-order valence-corrected chi connectivity index (χ0v) is 21.2. The van der Waals surface area contributed by atoms with Crippen LogP contribution in [0.4, 0.5) is 5.69 Å². The smallest absolute Gasteiger partial charge is 0.266 e. The number of nitriles is 1. The molecular weight excluding hydrogens is 582 g/mol. The van der Waals surface area contributed by atoms with E-state index in [-0.39, 0.29) is 5.57 Å². The van der Waals surface area contributed by atoms with Crippen LogP contribution in [0.2, 0.25) is 15.1 Å². The Morgan fingerprint density at radius 1 is 1.09 bits per heavy atom. The molecule has 32 heavy (non-hydrogen) atoms. The molecular formula is C24H16Cl3IN2O2. The Morgan fingerprint density at radius 3 is 2.56 bits per heavy atom. The van der Waals surface area contributed by atoms with Gasteiger partial charge in [-0.25, -0.2) is 0 Å². The van der Waals surface area contributed by atoms with Crippen LogP contribution in [0.15, 0.2) is 60.2 Å². The molecule has 0 aromatic heterocycles. The number of rotatable bonds is 6. The van der Waals surface area contributed by atoms with Gasteiger partial charge in [0, 0.05) is 10.7 Å². The van der Waals surface area contributed by atoms with Gasteiger partial charge in [-0.05, 0) is 88.7 Å². The van der Waals surface area contributed by atoms with Gasteiger partial charge in [-0.15, -0.1) is 0 Å². The summed E-state index contributed by atoms with van der Waals surface area (Å²) >= 11 is 20.2. The topological polar surface area (TPSA) is 62.1 Å². The molecule has 8 heteroatoms. The highest BCUT2D eigenvalue weighted by Crippen LogP contribution is 2.27. The van der Waals surface area contributed by atoms with Crippen LogP contribution in [0, 0.1) is 21.8 Å². The number of nitrogens with one attached hydrogen (secondary N) is 1. The van der Waals surface area contributed by atoms with E-state index in [1.807, 2.05) is 18.2 Å². The monoisotopic (exact) mass is 596 g/mol. The first-order valence-corrected chi connectivity index (χ1v) is 11.5. The molecule has 0 saturated heterocycles. The van der Waals surface area contributed by atoms with Crippen LogP contribution in [-0.2, 0) is 11.4 Å². The number of carbonyl (C=O) groups is 1. The summed E-state index contributed by atoms with van der Waals surface area (Å²) in [5.74, 6) is 0.166. The third kappa shape index (κ3) is 6.17. The van der Waals surface area contributed by atoms with Gasteiger partial charge in [0.15, 0.2) is 0 Å². The molecule has 3 aromatic rings. The van der Waals surface area contributed by atoms with Gasteiger partial charge in [-0.2, -0.15) is 5.26 Å². The number of hydrogen-bond acceptors (Lipinski definition) is 3. The van der Waals surface area contributed by atoms with Crippen LogP contribution >= 0.6 is 57.4 Å². The van der Waals surface area contributed by atoms with Gasteiger partial charge in [0.1, 0.15) is 24.0 Å². The first-order valence-electron chi connectivity index (χ1n) is 9.33. The van der Waals surface area contributed by atoms with E-state index in [1.54, 1.807) is 49.4 Å². The molecule has 1 amide bonds. The van der Waals surface area contributed by atoms with Crippen molar-refractivity contribution in [3.8, 4) is 11.8 Å². The fourth-order valence-corrected chi connectivity index (χ4v) is 3.95. The van der Waals surface area contributed by atoms with Crippen LogP contribution in [0.5, 0.6) is 5.75 Å². The molecule has 1 N–H and O–H groups in total. The van der Waals surface area contributed by atoms with Crippen LogP contribution in [0.25, 0.3) is 6.08 Å². The molecule has 0 heterocycles. The van der Waals surface area contributed by atoms with Gasteiger partial charge in [-0.1, -0.05) is 53.0 Å². The van der Waals surface area contributed by atoms with Crippen LogP contribution < -0.4 is 10.1 Å². The van der Waals surface area contributed by atoms with E-state index in [9.17, 15) is 10.1 Å². The fraction of sp³-hybridized carbons (Fsp3) is 0.0833. The first-order chi connectivity index (χ1) is 15.3. The van der Waals surface area contributed by atoms with Crippen LogP contribution in [-0.4, -0.2) is 5.91 Å². The number of carbonyl (C=O) groups excluding carboxylic acids is 1. The molecule has 3 rings (SSSR count). The quantitative estimate of drug-likeness (QED) is 0.180. The lowest BCUT2D eigenvalue weighted by Gasteiger charge is -2.10. The number of nitrogens with zero attached hydrogens (tertiary/aromatic N) is 1. The zero-order chi connectivity index (χ0) is 23.3. The summed E-state index contributed by atoms with van der Waals surface area (Å²) in [6.07, 6.45) is 1.53. The Kier molecular flexibility index (Phi) is 8.44. The molecule has 0 atom stereocenters. The number of halogens is 4. The summed E-state index contributed by atoms with van der Waals surface area (Å²) < 4.78 is 6.70. The highest BCUT2D eigenvalue weighted by molar-refractivity contribution is 14.1. The average molecular weight is 598 g/mol. The molecule has 0 aliphatic rings. The van der Waals surface area contributed by atoms with Gasteiger partial charge in [0.2, 0.25) is 0 Å². The third-order valence-electron chi connectivity index (χ3n) is 4.53. The van der Waals surface area contributed by atoms with Crippen molar-refractivity contribution in [1.29, 1.82) is 5.26 Å². The summed E-state index contributed by atoms with van der Waals surface area (Å²) in [5, 5.41) is 13.7. The lowest BCUT2D eigenvalue weighted by atomic mass is 10.1. The second-order valence-corrected chi connectivity index (χ2v) is 9.15. The maximum Gasteiger partial charge on any atom is 0.266 e. The minimum absolute atomic E-state index is 0.0235.